The van der Waals surface area contributed by atoms with Gasteiger partial charge in [-0.05, 0) is 19.1 Å². The lowest BCUT2D eigenvalue weighted by Crippen LogP contribution is -2.46. The average molecular weight is 382 g/mol. The Morgan fingerprint density at radius 1 is 1.19 bits per heavy atom. The first-order valence-electron chi connectivity index (χ1n) is 8.79. The third-order valence-electron chi connectivity index (χ3n) is 5.18. The average Bonchev–Trinajstić information content (AvgIpc) is 3.16. The summed E-state index contributed by atoms with van der Waals surface area (Å²) in [7, 11) is 3.49. The molecule has 4 rings (SSSR count). The van der Waals surface area contributed by atoms with Gasteiger partial charge >= 0.3 is 0 Å². The molecule has 1 aromatic heterocycles. The molecule has 27 heavy (non-hydrogen) atoms. The molecule has 0 bridgehead atoms. The van der Waals surface area contributed by atoms with Crippen molar-refractivity contribution in [2.24, 2.45) is 7.05 Å². The summed E-state index contributed by atoms with van der Waals surface area (Å²) in [4.78, 5) is 14.9. The molecule has 5 nitrogen and oxygen atoms in total. The van der Waals surface area contributed by atoms with Gasteiger partial charge in [-0.1, -0.05) is 48.0 Å². The van der Waals surface area contributed by atoms with E-state index < -0.39 is 5.72 Å². The van der Waals surface area contributed by atoms with Crippen LogP contribution in [0.2, 0.25) is 5.02 Å². The summed E-state index contributed by atoms with van der Waals surface area (Å²) < 4.78 is 7.80. The van der Waals surface area contributed by atoms with E-state index in [2.05, 4.69) is 5.10 Å². The van der Waals surface area contributed by atoms with E-state index in [9.17, 15) is 4.79 Å². The van der Waals surface area contributed by atoms with Crippen LogP contribution < -0.4 is 0 Å². The molecule has 1 atom stereocenters. The molecule has 3 aromatic rings. The summed E-state index contributed by atoms with van der Waals surface area (Å²) in [6.07, 6.45) is 1.62. The molecule has 0 fully saturated rings. The number of aromatic nitrogens is 2. The van der Waals surface area contributed by atoms with Crippen LogP contribution in [0.15, 0.2) is 54.7 Å². The van der Waals surface area contributed by atoms with Crippen molar-refractivity contribution in [2.75, 3.05) is 13.7 Å². The fraction of sp³-hybridized carbons (Fsp3) is 0.238. The van der Waals surface area contributed by atoms with Crippen molar-refractivity contribution < 1.29 is 9.53 Å². The first-order chi connectivity index (χ1) is 13.0. The van der Waals surface area contributed by atoms with E-state index in [4.69, 9.17) is 16.3 Å². The first-order valence-corrected chi connectivity index (χ1v) is 9.17. The van der Waals surface area contributed by atoms with E-state index in [1.54, 1.807) is 22.9 Å². The largest absolute Gasteiger partial charge is 0.350 e. The van der Waals surface area contributed by atoms with Crippen LogP contribution in [-0.4, -0.2) is 34.2 Å². The second-order valence-electron chi connectivity index (χ2n) is 6.49. The van der Waals surface area contributed by atoms with Gasteiger partial charge in [-0.3, -0.25) is 9.48 Å². The van der Waals surface area contributed by atoms with Crippen molar-refractivity contribution in [2.45, 2.75) is 12.6 Å². The number of fused-ring (bicyclic) bond motifs is 1. The van der Waals surface area contributed by atoms with Crippen LogP contribution in [0.1, 0.15) is 28.4 Å². The van der Waals surface area contributed by atoms with Gasteiger partial charge in [0, 0.05) is 43.0 Å². The molecular formula is C21H20ClN3O2. The van der Waals surface area contributed by atoms with Crippen molar-refractivity contribution in [3.63, 3.8) is 0 Å². The maximum Gasteiger partial charge on any atom is 0.257 e. The molecule has 1 aliphatic heterocycles. The number of hydrogen-bond acceptors (Lipinski definition) is 3. The maximum absolute atomic E-state index is 13.1. The minimum absolute atomic E-state index is 0.0409. The number of hydrogen-bond donors (Lipinski definition) is 0. The Morgan fingerprint density at radius 2 is 1.93 bits per heavy atom. The van der Waals surface area contributed by atoms with Gasteiger partial charge in [0.15, 0.2) is 5.72 Å². The number of halogens is 1. The Kier molecular flexibility index (Phi) is 4.29. The van der Waals surface area contributed by atoms with E-state index in [1.807, 2.05) is 62.5 Å². The first kappa shape index (κ1) is 17.8. The summed E-state index contributed by atoms with van der Waals surface area (Å²) >= 11 is 6.35. The third kappa shape index (κ3) is 2.42. The van der Waals surface area contributed by atoms with E-state index >= 15 is 0 Å². The molecule has 0 radical (unpaired) electrons. The Hall–Kier alpha value is -2.63. The molecule has 2 aromatic carbocycles. The minimum atomic E-state index is -0.969. The van der Waals surface area contributed by atoms with E-state index in [0.717, 1.165) is 22.4 Å². The van der Waals surface area contributed by atoms with Crippen molar-refractivity contribution in [3.8, 4) is 11.3 Å². The molecule has 0 N–H and O–H groups in total. The highest BCUT2D eigenvalue weighted by Gasteiger charge is 2.51. The van der Waals surface area contributed by atoms with Crippen molar-refractivity contribution in [3.05, 3.63) is 76.4 Å². The molecular weight excluding hydrogens is 362 g/mol. The van der Waals surface area contributed by atoms with Crippen LogP contribution in [0, 0.1) is 0 Å². The Labute approximate surface area is 163 Å². The van der Waals surface area contributed by atoms with Crippen molar-refractivity contribution in [1.82, 2.24) is 14.7 Å². The Bertz CT molecular complexity index is 996. The third-order valence-corrected chi connectivity index (χ3v) is 5.46. The van der Waals surface area contributed by atoms with Crippen LogP contribution in [0.5, 0.6) is 0 Å². The molecule has 0 spiro atoms. The van der Waals surface area contributed by atoms with Gasteiger partial charge in [-0.15, -0.1) is 0 Å². The zero-order chi connectivity index (χ0) is 19.2. The predicted octanol–water partition coefficient (Wildman–Crippen LogP) is 4.06. The van der Waals surface area contributed by atoms with Gasteiger partial charge in [0.25, 0.3) is 5.91 Å². The highest BCUT2D eigenvalue weighted by molar-refractivity contribution is 6.33. The monoisotopic (exact) mass is 381 g/mol. The molecule has 1 unspecified atom stereocenters. The fourth-order valence-corrected chi connectivity index (χ4v) is 4.28. The number of carbonyl (C=O) groups excluding carboxylic acids is 1. The lowest BCUT2D eigenvalue weighted by atomic mass is 9.91. The summed E-state index contributed by atoms with van der Waals surface area (Å²) in [5.41, 5.74) is 3.10. The molecule has 2 heterocycles. The minimum Gasteiger partial charge on any atom is -0.350 e. The maximum atomic E-state index is 13.1. The zero-order valence-corrected chi connectivity index (χ0v) is 16.2. The van der Waals surface area contributed by atoms with E-state index in [0.29, 0.717) is 17.1 Å². The molecule has 1 amide bonds. The second-order valence-corrected chi connectivity index (χ2v) is 6.90. The van der Waals surface area contributed by atoms with Gasteiger partial charge in [0.2, 0.25) is 0 Å². The van der Waals surface area contributed by atoms with Crippen molar-refractivity contribution in [1.29, 1.82) is 0 Å². The number of amides is 1. The molecule has 1 aliphatic rings. The van der Waals surface area contributed by atoms with Crippen LogP contribution in [-0.2, 0) is 17.5 Å². The molecule has 6 heteroatoms. The number of rotatable bonds is 4. The van der Waals surface area contributed by atoms with Crippen LogP contribution >= 0.6 is 11.6 Å². The highest BCUT2D eigenvalue weighted by atomic mass is 35.5. The van der Waals surface area contributed by atoms with Gasteiger partial charge in [-0.2, -0.15) is 5.10 Å². The van der Waals surface area contributed by atoms with Crippen LogP contribution in [0.25, 0.3) is 11.3 Å². The quantitative estimate of drug-likeness (QED) is 0.684. The lowest BCUT2D eigenvalue weighted by molar-refractivity contribution is -0.0804. The molecule has 0 saturated heterocycles. The van der Waals surface area contributed by atoms with Gasteiger partial charge in [-0.25, -0.2) is 0 Å². The fourth-order valence-electron chi connectivity index (χ4n) is 4.01. The number of ether oxygens (including phenoxy) is 1. The zero-order valence-electron chi connectivity index (χ0n) is 15.4. The van der Waals surface area contributed by atoms with Crippen LogP contribution in [0.4, 0.5) is 0 Å². The molecule has 138 valence electrons. The number of nitrogens with zero attached hydrogens (tertiary/aromatic N) is 3. The van der Waals surface area contributed by atoms with Gasteiger partial charge in [0.1, 0.15) is 0 Å². The lowest BCUT2D eigenvalue weighted by Gasteiger charge is -2.37. The SMILES string of the molecule is CCN1C(=O)c2ccc(-c3c(Cl)cnn3C)cc2C1(OC)c1ccccc1. The predicted molar refractivity (Wildman–Crippen MR) is 105 cm³/mol. The van der Waals surface area contributed by atoms with E-state index in [-0.39, 0.29) is 5.91 Å². The number of benzene rings is 2. The Morgan fingerprint density at radius 3 is 2.52 bits per heavy atom. The number of aryl methyl sites for hydroxylation is 1. The number of carbonyl (C=O) groups is 1. The molecule has 0 aliphatic carbocycles. The topological polar surface area (TPSA) is 47.4 Å². The second kappa shape index (κ2) is 6.51. The number of methoxy groups -OCH3 is 1. The summed E-state index contributed by atoms with van der Waals surface area (Å²) in [6.45, 7) is 2.48. The summed E-state index contributed by atoms with van der Waals surface area (Å²) in [6, 6.07) is 15.6. The summed E-state index contributed by atoms with van der Waals surface area (Å²) in [5.74, 6) is -0.0409. The summed E-state index contributed by atoms with van der Waals surface area (Å²) in [5, 5.41) is 4.79. The van der Waals surface area contributed by atoms with Crippen molar-refractivity contribution >= 4 is 17.5 Å². The van der Waals surface area contributed by atoms with E-state index in [1.165, 1.54) is 0 Å². The van der Waals surface area contributed by atoms with Gasteiger partial charge < -0.3 is 9.64 Å². The Balaban J connectivity index is 2.00. The highest BCUT2D eigenvalue weighted by Crippen LogP contribution is 2.46. The smallest absolute Gasteiger partial charge is 0.257 e. The van der Waals surface area contributed by atoms with Crippen LogP contribution in [0.3, 0.4) is 0 Å². The normalized spacial score (nSPS) is 18.8. The standard InChI is InChI=1S/C21H20ClN3O2/c1-4-25-20(26)16-11-10-14(19-18(22)13-23-24(19)2)12-17(16)21(25,27-3)15-8-6-5-7-9-15/h5-13H,4H2,1-3H3. The van der Waals surface area contributed by atoms with Gasteiger partial charge in [0.05, 0.1) is 16.9 Å². The molecule has 0 saturated carbocycles.